The molecular weight excluding hydrogens is 671 g/mol. The van der Waals surface area contributed by atoms with Crippen molar-refractivity contribution in [3.63, 3.8) is 0 Å². The first kappa shape index (κ1) is 31.1. The fourth-order valence-electron chi connectivity index (χ4n) is 7.89. The first-order chi connectivity index (χ1) is 27.2. The molecule has 4 heteroatoms. The van der Waals surface area contributed by atoms with Gasteiger partial charge >= 0.3 is 0 Å². The van der Waals surface area contributed by atoms with E-state index < -0.39 is 0 Å². The summed E-state index contributed by atoms with van der Waals surface area (Å²) in [4.78, 5) is 15.1. The monoisotopic (exact) mass is 701 g/mol. The second-order valence-corrected chi connectivity index (χ2v) is 14.0. The van der Waals surface area contributed by atoms with Gasteiger partial charge in [-0.1, -0.05) is 146 Å². The molecule has 0 unspecified atom stereocenters. The van der Waals surface area contributed by atoms with Gasteiger partial charge in [-0.25, -0.2) is 15.0 Å². The summed E-state index contributed by atoms with van der Waals surface area (Å²) in [5.74, 6) is 1.87. The summed E-state index contributed by atoms with van der Waals surface area (Å²) in [7, 11) is 0. The number of furan rings is 1. The zero-order valence-corrected chi connectivity index (χ0v) is 29.6. The predicted molar refractivity (Wildman–Crippen MR) is 227 cm³/mol. The highest BCUT2D eigenvalue weighted by molar-refractivity contribution is 6.19. The highest BCUT2D eigenvalue weighted by Crippen LogP contribution is 2.43. The van der Waals surface area contributed by atoms with Gasteiger partial charge in [-0.15, -0.1) is 0 Å². The largest absolute Gasteiger partial charge is 0.455 e. The van der Waals surface area contributed by atoms with E-state index in [0.717, 1.165) is 65.9 Å². The van der Waals surface area contributed by atoms with Crippen LogP contribution >= 0.6 is 0 Å². The Balaban J connectivity index is 1.08. The number of hydrogen-bond acceptors (Lipinski definition) is 4. The van der Waals surface area contributed by atoms with Crippen molar-refractivity contribution in [3.8, 4) is 56.4 Å². The molecule has 0 N–H and O–H groups in total. The van der Waals surface area contributed by atoms with Gasteiger partial charge < -0.3 is 4.42 Å². The fraction of sp³-hybridized carbons (Fsp3) is 0. The van der Waals surface area contributed by atoms with Crippen LogP contribution in [0.3, 0.4) is 0 Å². The van der Waals surface area contributed by atoms with Gasteiger partial charge in [0.1, 0.15) is 11.2 Å². The zero-order valence-electron chi connectivity index (χ0n) is 29.6. The van der Waals surface area contributed by atoms with Crippen LogP contribution in [-0.2, 0) is 0 Å². The van der Waals surface area contributed by atoms with E-state index in [1.807, 2.05) is 36.4 Å². The van der Waals surface area contributed by atoms with Crippen molar-refractivity contribution in [1.82, 2.24) is 15.0 Å². The molecule has 2 heterocycles. The minimum atomic E-state index is 0.610. The van der Waals surface area contributed by atoms with E-state index >= 15 is 0 Å². The van der Waals surface area contributed by atoms with Gasteiger partial charge in [0, 0.05) is 33.0 Å². The summed E-state index contributed by atoms with van der Waals surface area (Å²) in [6.45, 7) is 0. The smallest absolute Gasteiger partial charge is 0.164 e. The van der Waals surface area contributed by atoms with Gasteiger partial charge in [-0.05, 0) is 91.5 Å². The molecule has 256 valence electrons. The Morgan fingerprint density at radius 2 is 0.800 bits per heavy atom. The minimum Gasteiger partial charge on any atom is -0.455 e. The maximum absolute atomic E-state index is 6.80. The summed E-state index contributed by atoms with van der Waals surface area (Å²) in [6.07, 6.45) is 0. The summed E-state index contributed by atoms with van der Waals surface area (Å²) in [5.41, 5.74) is 9.08. The third kappa shape index (κ3) is 5.43. The van der Waals surface area contributed by atoms with Crippen molar-refractivity contribution in [2.75, 3.05) is 0 Å². The van der Waals surface area contributed by atoms with Gasteiger partial charge in [0.2, 0.25) is 0 Å². The molecule has 2 aromatic heterocycles. The van der Waals surface area contributed by atoms with Crippen LogP contribution in [0, 0.1) is 0 Å². The maximum Gasteiger partial charge on any atom is 0.164 e. The van der Waals surface area contributed by atoms with Crippen molar-refractivity contribution < 1.29 is 4.42 Å². The molecule has 11 rings (SSSR count). The first-order valence-electron chi connectivity index (χ1n) is 18.5. The molecule has 0 amide bonds. The van der Waals surface area contributed by atoms with Crippen molar-refractivity contribution in [1.29, 1.82) is 0 Å². The Kier molecular flexibility index (Phi) is 7.14. The van der Waals surface area contributed by atoms with Crippen LogP contribution in [0.2, 0.25) is 0 Å². The number of hydrogen-bond donors (Lipinski definition) is 0. The minimum absolute atomic E-state index is 0.610. The molecule has 0 aliphatic rings. The van der Waals surface area contributed by atoms with Crippen LogP contribution < -0.4 is 0 Å². The average Bonchev–Trinajstić information content (AvgIpc) is 3.62. The lowest BCUT2D eigenvalue weighted by molar-refractivity contribution is 0.670. The maximum atomic E-state index is 6.80. The number of fused-ring (bicyclic) bond motifs is 6. The summed E-state index contributed by atoms with van der Waals surface area (Å²) in [6, 6.07) is 65.9. The molecule has 55 heavy (non-hydrogen) atoms. The molecule has 0 saturated heterocycles. The highest BCUT2D eigenvalue weighted by atomic mass is 16.3. The fourth-order valence-corrected chi connectivity index (χ4v) is 7.89. The Morgan fingerprint density at radius 3 is 1.56 bits per heavy atom. The predicted octanol–water partition coefficient (Wildman–Crippen LogP) is 13.6. The van der Waals surface area contributed by atoms with Crippen LogP contribution in [0.25, 0.3) is 111 Å². The average molecular weight is 702 g/mol. The van der Waals surface area contributed by atoms with Gasteiger partial charge in [0.15, 0.2) is 17.5 Å². The quantitative estimate of drug-likeness (QED) is 0.179. The molecule has 0 fully saturated rings. The van der Waals surface area contributed by atoms with Crippen molar-refractivity contribution >= 4 is 54.3 Å². The van der Waals surface area contributed by atoms with E-state index in [9.17, 15) is 0 Å². The third-order valence-corrected chi connectivity index (χ3v) is 10.7. The van der Waals surface area contributed by atoms with Gasteiger partial charge in [-0.2, -0.15) is 0 Å². The Hall–Kier alpha value is -7.43. The van der Waals surface area contributed by atoms with E-state index in [4.69, 9.17) is 19.4 Å². The molecule has 9 aromatic carbocycles. The number of benzene rings is 9. The summed E-state index contributed by atoms with van der Waals surface area (Å²) >= 11 is 0. The molecule has 0 aliphatic carbocycles. The molecule has 0 bridgehead atoms. The molecule has 4 nitrogen and oxygen atoms in total. The molecule has 0 radical (unpaired) electrons. The molecular formula is C51H31N3O. The normalized spacial score (nSPS) is 11.6. The van der Waals surface area contributed by atoms with Crippen LogP contribution in [0.1, 0.15) is 0 Å². The van der Waals surface area contributed by atoms with E-state index in [1.165, 1.54) is 27.3 Å². The number of rotatable bonds is 5. The van der Waals surface area contributed by atoms with Crippen LogP contribution in [0.4, 0.5) is 0 Å². The number of aromatic nitrogens is 3. The topological polar surface area (TPSA) is 51.8 Å². The Morgan fingerprint density at radius 1 is 0.291 bits per heavy atom. The lowest BCUT2D eigenvalue weighted by atomic mass is 9.93. The second kappa shape index (κ2) is 12.6. The third-order valence-electron chi connectivity index (χ3n) is 10.7. The van der Waals surface area contributed by atoms with Crippen LogP contribution in [0.5, 0.6) is 0 Å². The van der Waals surface area contributed by atoms with Crippen LogP contribution in [0.15, 0.2) is 192 Å². The first-order valence-corrected chi connectivity index (χ1v) is 18.5. The SMILES string of the molecule is c1ccc(-c2ccc3cc(-c4c5ccccc5cc5c4oc4ccc(-c6nc(-c7ccccc7)nc(-c7ccc8ccccc8c7)n6)cc45)ccc3c2)cc1. The van der Waals surface area contributed by atoms with Crippen molar-refractivity contribution in [2.24, 2.45) is 0 Å². The van der Waals surface area contributed by atoms with Gasteiger partial charge in [-0.3, -0.25) is 0 Å². The second-order valence-electron chi connectivity index (χ2n) is 14.0. The zero-order chi connectivity index (χ0) is 36.3. The van der Waals surface area contributed by atoms with E-state index in [-0.39, 0.29) is 0 Å². The van der Waals surface area contributed by atoms with E-state index in [1.54, 1.807) is 0 Å². The molecule has 11 aromatic rings. The summed E-state index contributed by atoms with van der Waals surface area (Å²) in [5, 5.41) is 9.07. The van der Waals surface area contributed by atoms with E-state index in [0.29, 0.717) is 17.5 Å². The lowest BCUT2D eigenvalue weighted by Gasteiger charge is -2.11. The molecule has 0 saturated carbocycles. The van der Waals surface area contributed by atoms with Gasteiger partial charge in [0.25, 0.3) is 0 Å². The highest BCUT2D eigenvalue weighted by Gasteiger charge is 2.19. The molecule has 0 aliphatic heterocycles. The summed E-state index contributed by atoms with van der Waals surface area (Å²) < 4.78 is 6.80. The Bertz CT molecular complexity index is 3260. The lowest BCUT2D eigenvalue weighted by Crippen LogP contribution is -2.00. The van der Waals surface area contributed by atoms with Crippen molar-refractivity contribution in [3.05, 3.63) is 188 Å². The molecule has 0 spiro atoms. The van der Waals surface area contributed by atoms with Gasteiger partial charge in [0.05, 0.1) is 0 Å². The standard InChI is InChI=1S/C51H31N3O/c1-3-11-32(12-4-1)36-20-21-38-28-40(23-22-37(38)27-36)47-43-18-10-9-17-39(43)30-45-44-31-42(25-26-46(44)55-48(45)47)51-53-49(34-14-5-2-6-15-34)52-50(54-51)41-24-19-33-13-7-8-16-35(33)29-41/h1-31H. The van der Waals surface area contributed by atoms with Crippen molar-refractivity contribution in [2.45, 2.75) is 0 Å². The Labute approximate surface area is 317 Å². The van der Waals surface area contributed by atoms with E-state index in [2.05, 4.69) is 152 Å². The van der Waals surface area contributed by atoms with Crippen LogP contribution in [-0.4, -0.2) is 15.0 Å². The number of nitrogens with zero attached hydrogens (tertiary/aromatic N) is 3. The molecule has 0 atom stereocenters.